The number of hydrogen-bond acceptors (Lipinski definition) is 1. The molecule has 3 heteroatoms. The highest BCUT2D eigenvalue weighted by Crippen LogP contribution is 2.48. The molecule has 2 aliphatic carbocycles. The summed E-state index contributed by atoms with van der Waals surface area (Å²) in [6.45, 7) is 3.31. The maximum Gasteiger partial charge on any atom is 0.0595 e. The third-order valence-electron chi connectivity index (χ3n) is 5.54. The van der Waals surface area contributed by atoms with Crippen LogP contribution >= 0.6 is 23.2 Å². The molecule has 0 aromatic heterocycles. The quantitative estimate of drug-likeness (QED) is 0.756. The van der Waals surface area contributed by atoms with Crippen LogP contribution in [-0.2, 0) is 0 Å². The van der Waals surface area contributed by atoms with Gasteiger partial charge in [-0.2, -0.15) is 0 Å². The summed E-state index contributed by atoms with van der Waals surface area (Å²) in [6.07, 6.45) is 8.11. The average molecular weight is 326 g/mol. The molecule has 0 heterocycles. The van der Waals surface area contributed by atoms with Gasteiger partial charge in [0.1, 0.15) is 0 Å². The molecule has 1 nitrogen and oxygen atoms in total. The SMILES string of the molecule is CCN[C@@H]1CC[C@H](c2ccc(Cl)c(Cl)c2)[C@H]2CCCCC12. The van der Waals surface area contributed by atoms with E-state index >= 15 is 0 Å². The Morgan fingerprint density at radius 2 is 1.76 bits per heavy atom. The summed E-state index contributed by atoms with van der Waals surface area (Å²) in [5.41, 5.74) is 1.40. The summed E-state index contributed by atoms with van der Waals surface area (Å²) in [4.78, 5) is 0. The first-order valence-corrected chi connectivity index (χ1v) is 9.14. The predicted octanol–water partition coefficient (Wildman–Crippen LogP) is 5.66. The van der Waals surface area contributed by atoms with Gasteiger partial charge in [-0.25, -0.2) is 0 Å². The zero-order valence-corrected chi connectivity index (χ0v) is 14.3. The van der Waals surface area contributed by atoms with Crippen molar-refractivity contribution in [2.45, 2.75) is 57.4 Å². The minimum Gasteiger partial charge on any atom is -0.314 e. The zero-order valence-electron chi connectivity index (χ0n) is 12.7. The molecule has 116 valence electrons. The minimum absolute atomic E-state index is 0.667. The Hall–Kier alpha value is -0.240. The summed E-state index contributed by atoms with van der Waals surface area (Å²) >= 11 is 12.3. The van der Waals surface area contributed by atoms with Gasteiger partial charge in [0, 0.05) is 6.04 Å². The molecule has 4 atom stereocenters. The van der Waals surface area contributed by atoms with Gasteiger partial charge in [0.05, 0.1) is 10.0 Å². The van der Waals surface area contributed by atoms with Gasteiger partial charge in [-0.1, -0.05) is 49.0 Å². The third-order valence-corrected chi connectivity index (χ3v) is 6.27. The van der Waals surface area contributed by atoms with Crippen LogP contribution in [-0.4, -0.2) is 12.6 Å². The number of hydrogen-bond donors (Lipinski definition) is 1. The molecule has 1 aromatic rings. The second-order valence-electron chi connectivity index (χ2n) is 6.63. The second-order valence-corrected chi connectivity index (χ2v) is 7.45. The topological polar surface area (TPSA) is 12.0 Å². The lowest BCUT2D eigenvalue weighted by Gasteiger charge is -2.46. The molecule has 0 spiro atoms. The maximum atomic E-state index is 6.24. The molecule has 1 unspecified atom stereocenters. The van der Waals surface area contributed by atoms with Gasteiger partial charge in [0.2, 0.25) is 0 Å². The molecule has 2 fully saturated rings. The van der Waals surface area contributed by atoms with Crippen molar-refractivity contribution in [3.05, 3.63) is 33.8 Å². The molecule has 0 bridgehead atoms. The van der Waals surface area contributed by atoms with Crippen LogP contribution in [0.5, 0.6) is 0 Å². The Balaban J connectivity index is 1.84. The van der Waals surface area contributed by atoms with E-state index < -0.39 is 0 Å². The Morgan fingerprint density at radius 3 is 2.48 bits per heavy atom. The molecule has 0 amide bonds. The summed E-state index contributed by atoms with van der Waals surface area (Å²) in [6, 6.07) is 6.98. The van der Waals surface area contributed by atoms with Gasteiger partial charge < -0.3 is 5.32 Å². The Kier molecular flexibility index (Phi) is 5.14. The van der Waals surface area contributed by atoms with E-state index in [1.54, 1.807) is 0 Å². The normalized spacial score (nSPS) is 32.7. The lowest BCUT2D eigenvalue weighted by atomic mass is 9.62. The highest BCUT2D eigenvalue weighted by Gasteiger charge is 2.40. The van der Waals surface area contributed by atoms with Crippen LogP contribution in [0.15, 0.2) is 18.2 Å². The van der Waals surface area contributed by atoms with Crippen LogP contribution in [0.1, 0.15) is 56.9 Å². The molecular weight excluding hydrogens is 301 g/mol. The van der Waals surface area contributed by atoms with E-state index in [1.807, 2.05) is 6.07 Å². The molecule has 21 heavy (non-hydrogen) atoms. The largest absolute Gasteiger partial charge is 0.314 e. The molecular formula is C18H25Cl2N. The number of benzene rings is 1. The van der Waals surface area contributed by atoms with Crippen molar-refractivity contribution in [2.24, 2.45) is 11.8 Å². The molecule has 1 aromatic carbocycles. The molecule has 0 saturated heterocycles. The van der Waals surface area contributed by atoms with Crippen molar-refractivity contribution in [2.75, 3.05) is 6.54 Å². The predicted molar refractivity (Wildman–Crippen MR) is 91.3 cm³/mol. The summed E-state index contributed by atoms with van der Waals surface area (Å²) in [5, 5.41) is 5.10. The van der Waals surface area contributed by atoms with Crippen LogP contribution in [0.25, 0.3) is 0 Å². The van der Waals surface area contributed by atoms with E-state index in [1.165, 1.54) is 44.1 Å². The van der Waals surface area contributed by atoms with Crippen LogP contribution < -0.4 is 5.32 Å². The summed E-state index contributed by atoms with van der Waals surface area (Å²) in [5.74, 6) is 2.32. The van der Waals surface area contributed by atoms with Crippen molar-refractivity contribution < 1.29 is 0 Å². The van der Waals surface area contributed by atoms with E-state index in [-0.39, 0.29) is 0 Å². The highest BCUT2D eigenvalue weighted by molar-refractivity contribution is 6.42. The number of fused-ring (bicyclic) bond motifs is 1. The van der Waals surface area contributed by atoms with E-state index in [2.05, 4.69) is 24.4 Å². The fourth-order valence-corrected chi connectivity index (χ4v) is 4.95. The van der Waals surface area contributed by atoms with Crippen LogP contribution in [0, 0.1) is 11.8 Å². The fourth-order valence-electron chi connectivity index (χ4n) is 4.65. The Morgan fingerprint density at radius 1 is 1.00 bits per heavy atom. The zero-order chi connectivity index (χ0) is 14.8. The number of rotatable bonds is 3. The standard InChI is InChI=1S/C18H25Cl2N/c1-2-21-18-10-8-13(14-5-3-4-6-15(14)18)12-7-9-16(19)17(20)11-12/h7,9,11,13-15,18,21H,2-6,8,10H2,1H3/t13-,14-,15?,18-/m1/s1. The first kappa shape index (κ1) is 15.6. The van der Waals surface area contributed by atoms with Gasteiger partial charge >= 0.3 is 0 Å². The number of nitrogens with one attached hydrogen (secondary N) is 1. The van der Waals surface area contributed by atoms with Crippen molar-refractivity contribution in [1.82, 2.24) is 5.32 Å². The second kappa shape index (κ2) is 6.89. The van der Waals surface area contributed by atoms with Crippen LogP contribution in [0.3, 0.4) is 0 Å². The summed E-state index contributed by atoms with van der Waals surface area (Å²) in [7, 11) is 0. The molecule has 3 rings (SSSR count). The molecule has 2 aliphatic rings. The Labute approximate surface area is 138 Å². The van der Waals surface area contributed by atoms with Crippen molar-refractivity contribution in [3.63, 3.8) is 0 Å². The highest BCUT2D eigenvalue weighted by atomic mass is 35.5. The lowest BCUT2D eigenvalue weighted by Crippen LogP contribution is -2.46. The van der Waals surface area contributed by atoms with Gasteiger partial charge in [-0.15, -0.1) is 0 Å². The molecule has 0 radical (unpaired) electrons. The lowest BCUT2D eigenvalue weighted by molar-refractivity contribution is 0.105. The first-order valence-electron chi connectivity index (χ1n) is 8.39. The summed E-state index contributed by atoms with van der Waals surface area (Å²) < 4.78 is 0. The van der Waals surface area contributed by atoms with Gasteiger partial charge in [-0.3, -0.25) is 0 Å². The molecule has 1 N–H and O–H groups in total. The van der Waals surface area contributed by atoms with Gasteiger partial charge in [0.25, 0.3) is 0 Å². The molecule has 2 saturated carbocycles. The number of halogens is 2. The average Bonchev–Trinajstić information content (AvgIpc) is 2.51. The smallest absolute Gasteiger partial charge is 0.0595 e. The van der Waals surface area contributed by atoms with Crippen molar-refractivity contribution in [1.29, 1.82) is 0 Å². The third kappa shape index (κ3) is 3.25. The first-order chi connectivity index (χ1) is 10.2. The van der Waals surface area contributed by atoms with E-state index in [0.29, 0.717) is 16.0 Å². The molecule has 0 aliphatic heterocycles. The Bertz CT molecular complexity index is 488. The van der Waals surface area contributed by atoms with Gasteiger partial charge in [0.15, 0.2) is 0 Å². The van der Waals surface area contributed by atoms with E-state index in [4.69, 9.17) is 23.2 Å². The van der Waals surface area contributed by atoms with Crippen LogP contribution in [0.4, 0.5) is 0 Å². The monoisotopic (exact) mass is 325 g/mol. The maximum absolute atomic E-state index is 6.24. The van der Waals surface area contributed by atoms with Crippen LogP contribution in [0.2, 0.25) is 10.0 Å². The van der Waals surface area contributed by atoms with Gasteiger partial charge in [-0.05, 0) is 67.7 Å². The van der Waals surface area contributed by atoms with Crippen molar-refractivity contribution >= 4 is 23.2 Å². The fraction of sp³-hybridized carbons (Fsp3) is 0.667. The van der Waals surface area contributed by atoms with Crippen molar-refractivity contribution in [3.8, 4) is 0 Å². The minimum atomic E-state index is 0.667. The van der Waals surface area contributed by atoms with E-state index in [0.717, 1.165) is 24.4 Å². The van der Waals surface area contributed by atoms with E-state index in [9.17, 15) is 0 Å².